The van der Waals surface area contributed by atoms with Crippen LogP contribution >= 0.6 is 0 Å². The summed E-state index contributed by atoms with van der Waals surface area (Å²) < 4.78 is 18.7. The predicted molar refractivity (Wildman–Crippen MR) is 89.1 cm³/mol. The monoisotopic (exact) mass is 309 g/mol. The van der Waals surface area contributed by atoms with E-state index in [1.54, 1.807) is 12.1 Å². The Morgan fingerprint density at radius 1 is 0.957 bits per heavy atom. The maximum atomic E-state index is 13.4. The first-order valence-corrected chi connectivity index (χ1v) is 7.38. The van der Waals surface area contributed by atoms with Crippen molar-refractivity contribution in [2.24, 2.45) is 0 Å². The van der Waals surface area contributed by atoms with Gasteiger partial charge in [-0.2, -0.15) is 0 Å². The van der Waals surface area contributed by atoms with E-state index in [1.807, 2.05) is 42.5 Å². The molecule has 0 bridgehead atoms. The van der Waals surface area contributed by atoms with Crippen LogP contribution in [-0.2, 0) is 4.79 Å². The van der Waals surface area contributed by atoms with Crippen LogP contribution in [0, 0.1) is 5.82 Å². The van der Waals surface area contributed by atoms with Gasteiger partial charge in [0.15, 0.2) is 11.6 Å². The van der Waals surface area contributed by atoms with E-state index in [-0.39, 0.29) is 24.7 Å². The van der Waals surface area contributed by atoms with Crippen LogP contribution in [0.25, 0.3) is 10.8 Å². The molecule has 0 radical (unpaired) electrons. The van der Waals surface area contributed by atoms with E-state index in [0.717, 1.165) is 16.5 Å². The second kappa shape index (κ2) is 6.92. The summed E-state index contributed by atoms with van der Waals surface area (Å²) in [6, 6.07) is 19.8. The summed E-state index contributed by atoms with van der Waals surface area (Å²) in [5, 5.41) is 5.00. The van der Waals surface area contributed by atoms with Crippen molar-refractivity contribution in [2.45, 2.75) is 6.42 Å². The fourth-order valence-corrected chi connectivity index (χ4v) is 2.31. The number of anilines is 1. The highest BCUT2D eigenvalue weighted by molar-refractivity contribution is 5.94. The van der Waals surface area contributed by atoms with Gasteiger partial charge in [0, 0.05) is 5.69 Å². The first-order chi connectivity index (χ1) is 11.2. The fourth-order valence-electron chi connectivity index (χ4n) is 2.31. The number of rotatable bonds is 5. The van der Waals surface area contributed by atoms with Crippen LogP contribution in [0.2, 0.25) is 0 Å². The molecule has 3 aromatic rings. The topological polar surface area (TPSA) is 38.3 Å². The molecule has 3 nitrogen and oxygen atoms in total. The van der Waals surface area contributed by atoms with Crippen molar-refractivity contribution in [1.29, 1.82) is 0 Å². The van der Waals surface area contributed by atoms with Crippen molar-refractivity contribution < 1.29 is 13.9 Å². The third-order valence-corrected chi connectivity index (χ3v) is 3.46. The molecular formula is C19H16FNO2. The minimum absolute atomic E-state index is 0.125. The van der Waals surface area contributed by atoms with E-state index in [2.05, 4.69) is 5.32 Å². The van der Waals surface area contributed by atoms with E-state index in [0.29, 0.717) is 0 Å². The molecule has 0 aliphatic rings. The SMILES string of the molecule is O=C(CCOc1ccccc1F)Nc1ccc2ccccc2c1. The Labute approximate surface area is 133 Å². The van der Waals surface area contributed by atoms with E-state index in [4.69, 9.17) is 4.74 Å². The maximum Gasteiger partial charge on any atom is 0.227 e. The molecule has 0 spiro atoms. The van der Waals surface area contributed by atoms with Gasteiger partial charge in [-0.15, -0.1) is 0 Å². The standard InChI is InChI=1S/C19H16FNO2/c20-17-7-3-4-8-18(17)23-12-11-19(22)21-16-10-9-14-5-1-2-6-15(14)13-16/h1-10,13H,11-12H2,(H,21,22). The number of halogens is 1. The number of ether oxygens (including phenoxy) is 1. The Kier molecular flexibility index (Phi) is 4.52. The summed E-state index contributed by atoms with van der Waals surface area (Å²) >= 11 is 0. The highest BCUT2D eigenvalue weighted by Gasteiger charge is 2.06. The molecule has 4 heteroatoms. The van der Waals surface area contributed by atoms with E-state index in [1.165, 1.54) is 12.1 Å². The maximum absolute atomic E-state index is 13.4. The van der Waals surface area contributed by atoms with Crippen molar-refractivity contribution in [3.8, 4) is 5.75 Å². The minimum atomic E-state index is -0.428. The Morgan fingerprint density at radius 2 is 1.70 bits per heavy atom. The zero-order chi connectivity index (χ0) is 16.1. The van der Waals surface area contributed by atoms with Crippen molar-refractivity contribution in [3.05, 3.63) is 72.5 Å². The number of nitrogens with one attached hydrogen (secondary N) is 1. The number of carbonyl (C=O) groups is 1. The van der Waals surface area contributed by atoms with Gasteiger partial charge in [0.05, 0.1) is 13.0 Å². The number of benzene rings is 3. The number of hydrogen-bond acceptors (Lipinski definition) is 2. The quantitative estimate of drug-likeness (QED) is 0.759. The van der Waals surface area contributed by atoms with Crippen LogP contribution in [0.1, 0.15) is 6.42 Å². The van der Waals surface area contributed by atoms with Crippen LogP contribution in [0.4, 0.5) is 10.1 Å². The van der Waals surface area contributed by atoms with Crippen LogP contribution in [-0.4, -0.2) is 12.5 Å². The van der Waals surface area contributed by atoms with Gasteiger partial charge in [0.25, 0.3) is 0 Å². The lowest BCUT2D eigenvalue weighted by atomic mass is 10.1. The highest BCUT2D eigenvalue weighted by Crippen LogP contribution is 2.19. The Hall–Kier alpha value is -2.88. The lowest BCUT2D eigenvalue weighted by molar-refractivity contribution is -0.116. The summed E-state index contributed by atoms with van der Waals surface area (Å²) in [4.78, 5) is 11.9. The normalized spacial score (nSPS) is 10.5. The number of amides is 1. The second-order valence-corrected chi connectivity index (χ2v) is 5.14. The molecule has 0 fully saturated rings. The molecule has 116 valence electrons. The Balaban J connectivity index is 1.55. The molecule has 3 aromatic carbocycles. The number of carbonyl (C=O) groups excluding carboxylic acids is 1. The van der Waals surface area contributed by atoms with Crippen LogP contribution in [0.3, 0.4) is 0 Å². The van der Waals surface area contributed by atoms with E-state index < -0.39 is 5.82 Å². The van der Waals surface area contributed by atoms with Crippen LogP contribution in [0.5, 0.6) is 5.75 Å². The van der Waals surface area contributed by atoms with Crippen molar-refractivity contribution in [1.82, 2.24) is 0 Å². The molecule has 0 unspecified atom stereocenters. The van der Waals surface area contributed by atoms with Gasteiger partial charge in [-0.3, -0.25) is 4.79 Å². The summed E-state index contributed by atoms with van der Waals surface area (Å²) in [5.41, 5.74) is 0.736. The summed E-state index contributed by atoms with van der Waals surface area (Å²) in [6.45, 7) is 0.125. The highest BCUT2D eigenvalue weighted by atomic mass is 19.1. The summed E-state index contributed by atoms with van der Waals surface area (Å²) in [7, 11) is 0. The average molecular weight is 309 g/mol. The van der Waals surface area contributed by atoms with Crippen molar-refractivity contribution in [2.75, 3.05) is 11.9 Å². The average Bonchev–Trinajstić information content (AvgIpc) is 2.56. The molecule has 0 saturated carbocycles. The van der Waals surface area contributed by atoms with Gasteiger partial charge in [-0.25, -0.2) is 4.39 Å². The van der Waals surface area contributed by atoms with Crippen molar-refractivity contribution >= 4 is 22.4 Å². The molecule has 3 rings (SSSR count). The molecule has 0 saturated heterocycles. The van der Waals surface area contributed by atoms with Gasteiger partial charge in [-0.1, -0.05) is 42.5 Å². The van der Waals surface area contributed by atoms with Gasteiger partial charge < -0.3 is 10.1 Å². The fraction of sp³-hybridized carbons (Fsp3) is 0.105. The number of hydrogen-bond donors (Lipinski definition) is 1. The number of fused-ring (bicyclic) bond motifs is 1. The molecule has 0 aliphatic heterocycles. The van der Waals surface area contributed by atoms with Crippen LogP contribution in [0.15, 0.2) is 66.7 Å². The number of para-hydroxylation sites is 1. The lowest BCUT2D eigenvalue weighted by Crippen LogP contribution is -2.15. The van der Waals surface area contributed by atoms with Gasteiger partial charge >= 0.3 is 0 Å². The smallest absolute Gasteiger partial charge is 0.227 e. The van der Waals surface area contributed by atoms with Gasteiger partial charge in [0.1, 0.15) is 0 Å². The molecular weight excluding hydrogens is 293 g/mol. The molecule has 0 atom stereocenters. The van der Waals surface area contributed by atoms with Crippen molar-refractivity contribution in [3.63, 3.8) is 0 Å². The first kappa shape index (κ1) is 15.0. The predicted octanol–water partition coefficient (Wildman–Crippen LogP) is 4.39. The zero-order valence-electron chi connectivity index (χ0n) is 12.5. The third kappa shape index (κ3) is 3.86. The molecule has 1 amide bonds. The van der Waals surface area contributed by atoms with E-state index >= 15 is 0 Å². The van der Waals surface area contributed by atoms with E-state index in [9.17, 15) is 9.18 Å². The molecule has 1 N–H and O–H groups in total. The molecule has 0 aromatic heterocycles. The van der Waals surface area contributed by atoms with Gasteiger partial charge in [-0.05, 0) is 35.0 Å². The largest absolute Gasteiger partial charge is 0.490 e. The Bertz CT molecular complexity index is 832. The molecule has 0 heterocycles. The van der Waals surface area contributed by atoms with Gasteiger partial charge in [0.2, 0.25) is 5.91 Å². The first-order valence-electron chi connectivity index (χ1n) is 7.38. The summed E-state index contributed by atoms with van der Waals surface area (Å²) in [6.07, 6.45) is 0.154. The summed E-state index contributed by atoms with van der Waals surface area (Å²) in [5.74, 6) is -0.440. The lowest BCUT2D eigenvalue weighted by Gasteiger charge is -2.08. The Morgan fingerprint density at radius 3 is 2.52 bits per heavy atom. The zero-order valence-corrected chi connectivity index (χ0v) is 12.5. The van der Waals surface area contributed by atoms with Crippen LogP contribution < -0.4 is 10.1 Å². The minimum Gasteiger partial charge on any atom is -0.490 e. The molecule has 0 aliphatic carbocycles. The third-order valence-electron chi connectivity index (χ3n) is 3.46. The second-order valence-electron chi connectivity index (χ2n) is 5.14. The molecule has 23 heavy (non-hydrogen) atoms.